The Kier molecular flexibility index (Phi) is 3.96. The van der Waals surface area contributed by atoms with Gasteiger partial charge in [0.2, 0.25) is 5.91 Å². The molecule has 0 spiro atoms. The van der Waals surface area contributed by atoms with E-state index in [9.17, 15) is 4.79 Å². The number of anilines is 1. The molecule has 0 unspecified atom stereocenters. The second-order valence-electron chi connectivity index (χ2n) is 6.07. The maximum atomic E-state index is 12.1. The number of fused-ring (bicyclic) bond motifs is 1. The third-order valence-electron chi connectivity index (χ3n) is 4.02. The number of nitrogens with zero attached hydrogens (tertiary/aromatic N) is 4. The van der Waals surface area contributed by atoms with Crippen molar-refractivity contribution in [3.05, 3.63) is 12.0 Å². The van der Waals surface area contributed by atoms with Gasteiger partial charge in [-0.25, -0.2) is 4.98 Å². The van der Waals surface area contributed by atoms with Gasteiger partial charge in [-0.3, -0.25) is 4.79 Å². The minimum Gasteiger partial charge on any atom is -0.356 e. The van der Waals surface area contributed by atoms with E-state index >= 15 is 0 Å². The summed E-state index contributed by atoms with van der Waals surface area (Å²) in [5.41, 5.74) is 1.31. The first-order valence-electron chi connectivity index (χ1n) is 7.68. The number of carbonyl (C=O) groups is 1. The van der Waals surface area contributed by atoms with Crippen LogP contribution in [-0.2, 0) is 4.79 Å². The Morgan fingerprint density at radius 1 is 1.36 bits per heavy atom. The first-order valence-corrected chi connectivity index (χ1v) is 7.68. The fraction of sp³-hybridized carbons (Fsp3) is 0.600. The van der Waals surface area contributed by atoms with Crippen LogP contribution in [0.15, 0.2) is 10.9 Å². The molecule has 1 saturated heterocycles. The lowest BCUT2D eigenvalue weighted by molar-refractivity contribution is -0.126. The topological polar surface area (TPSA) is 84.2 Å². The van der Waals surface area contributed by atoms with Crippen LogP contribution in [0.3, 0.4) is 0 Å². The van der Waals surface area contributed by atoms with Gasteiger partial charge in [-0.2, -0.15) is 4.98 Å². The van der Waals surface area contributed by atoms with Crippen LogP contribution in [0.25, 0.3) is 11.1 Å². The lowest BCUT2D eigenvalue weighted by atomic mass is 9.95. The molecule has 0 aliphatic carbocycles. The van der Waals surface area contributed by atoms with E-state index in [-0.39, 0.29) is 17.9 Å². The van der Waals surface area contributed by atoms with Crippen LogP contribution >= 0.6 is 0 Å². The van der Waals surface area contributed by atoms with Crippen molar-refractivity contribution in [3.63, 3.8) is 0 Å². The molecule has 1 fully saturated rings. The Labute approximate surface area is 129 Å². The summed E-state index contributed by atoms with van der Waals surface area (Å²) < 4.78 is 5.19. The summed E-state index contributed by atoms with van der Waals surface area (Å²) in [7, 11) is 0. The highest BCUT2D eigenvalue weighted by molar-refractivity contribution is 5.88. The number of carbonyl (C=O) groups excluding carboxylic acids is 1. The van der Waals surface area contributed by atoms with Crippen LogP contribution in [0.1, 0.15) is 32.4 Å². The molecular formula is C15H21N5O2. The maximum Gasteiger partial charge on any atom is 0.263 e. The lowest BCUT2D eigenvalue weighted by Gasteiger charge is -2.32. The van der Waals surface area contributed by atoms with E-state index in [2.05, 4.69) is 25.3 Å². The number of hydrogen-bond donors (Lipinski definition) is 1. The lowest BCUT2D eigenvalue weighted by Crippen LogP contribution is -2.42. The molecule has 1 aliphatic heterocycles. The van der Waals surface area contributed by atoms with E-state index in [1.54, 1.807) is 0 Å². The number of aromatic nitrogens is 3. The molecule has 2 aromatic heterocycles. The van der Waals surface area contributed by atoms with Crippen LogP contribution in [0, 0.1) is 12.8 Å². The molecule has 1 amide bonds. The van der Waals surface area contributed by atoms with Gasteiger partial charge in [-0.15, -0.1) is 0 Å². The molecule has 2 aromatic rings. The summed E-state index contributed by atoms with van der Waals surface area (Å²) >= 11 is 0. The third kappa shape index (κ3) is 2.75. The van der Waals surface area contributed by atoms with Gasteiger partial charge in [0, 0.05) is 25.0 Å². The summed E-state index contributed by atoms with van der Waals surface area (Å²) in [5, 5.41) is 7.82. The van der Waals surface area contributed by atoms with Gasteiger partial charge in [-0.1, -0.05) is 5.16 Å². The van der Waals surface area contributed by atoms with Crippen molar-refractivity contribution in [3.8, 4) is 0 Å². The number of piperidine rings is 1. The molecule has 3 rings (SSSR count). The fourth-order valence-electron chi connectivity index (χ4n) is 2.90. The SMILES string of the molecule is Cc1noc2ncnc(N3CCC(C(=O)NC(C)C)CC3)c12. The van der Waals surface area contributed by atoms with Gasteiger partial charge < -0.3 is 14.7 Å². The van der Waals surface area contributed by atoms with E-state index in [1.807, 2.05) is 20.8 Å². The first kappa shape index (κ1) is 14.7. The van der Waals surface area contributed by atoms with Gasteiger partial charge in [0.05, 0.1) is 5.69 Å². The summed E-state index contributed by atoms with van der Waals surface area (Å²) in [5.74, 6) is 1.09. The van der Waals surface area contributed by atoms with Gasteiger partial charge in [0.15, 0.2) is 0 Å². The highest BCUT2D eigenvalue weighted by Gasteiger charge is 2.27. The van der Waals surface area contributed by atoms with Crippen LogP contribution in [0.4, 0.5) is 5.82 Å². The molecule has 1 aliphatic rings. The summed E-state index contributed by atoms with van der Waals surface area (Å²) in [6.07, 6.45) is 3.16. The molecular weight excluding hydrogens is 282 g/mol. The number of aryl methyl sites for hydroxylation is 1. The van der Waals surface area contributed by atoms with Crippen LogP contribution < -0.4 is 10.2 Å². The molecule has 0 atom stereocenters. The predicted molar refractivity (Wildman–Crippen MR) is 82.6 cm³/mol. The molecule has 1 N–H and O–H groups in total. The van der Waals surface area contributed by atoms with E-state index in [0.717, 1.165) is 42.8 Å². The third-order valence-corrected chi connectivity index (χ3v) is 4.02. The maximum absolute atomic E-state index is 12.1. The van der Waals surface area contributed by atoms with Crippen LogP contribution in [0.2, 0.25) is 0 Å². The van der Waals surface area contributed by atoms with Crippen molar-refractivity contribution in [1.82, 2.24) is 20.4 Å². The highest BCUT2D eigenvalue weighted by atomic mass is 16.5. The Hall–Kier alpha value is -2.18. The Morgan fingerprint density at radius 2 is 2.09 bits per heavy atom. The quantitative estimate of drug-likeness (QED) is 0.928. The monoisotopic (exact) mass is 303 g/mol. The molecule has 7 nitrogen and oxygen atoms in total. The molecule has 118 valence electrons. The molecule has 3 heterocycles. The van der Waals surface area contributed by atoms with Gasteiger partial charge >= 0.3 is 0 Å². The second kappa shape index (κ2) is 5.90. The van der Waals surface area contributed by atoms with E-state index in [0.29, 0.717) is 5.71 Å². The largest absolute Gasteiger partial charge is 0.356 e. The Bertz CT molecular complexity index is 674. The van der Waals surface area contributed by atoms with E-state index in [4.69, 9.17) is 4.52 Å². The van der Waals surface area contributed by atoms with Crippen LogP contribution in [0.5, 0.6) is 0 Å². The minimum absolute atomic E-state index is 0.0829. The summed E-state index contributed by atoms with van der Waals surface area (Å²) in [4.78, 5) is 22.8. The number of rotatable bonds is 3. The van der Waals surface area contributed by atoms with Gasteiger partial charge in [0.1, 0.15) is 17.5 Å². The van der Waals surface area contributed by atoms with Crippen molar-refractivity contribution >= 4 is 22.8 Å². The van der Waals surface area contributed by atoms with Crippen molar-refractivity contribution in [2.75, 3.05) is 18.0 Å². The molecule has 22 heavy (non-hydrogen) atoms. The average Bonchev–Trinajstić information content (AvgIpc) is 2.88. The zero-order valence-electron chi connectivity index (χ0n) is 13.2. The zero-order valence-corrected chi connectivity index (χ0v) is 13.2. The van der Waals surface area contributed by atoms with Gasteiger partial charge in [-0.05, 0) is 33.6 Å². The molecule has 0 radical (unpaired) electrons. The Morgan fingerprint density at radius 3 is 2.77 bits per heavy atom. The Balaban J connectivity index is 1.73. The van der Waals surface area contributed by atoms with E-state index in [1.165, 1.54) is 6.33 Å². The zero-order chi connectivity index (χ0) is 15.7. The standard InChI is InChI=1S/C15H21N5O2/c1-9(2)18-14(21)11-4-6-20(7-5-11)13-12-10(3)19-22-15(12)17-8-16-13/h8-9,11H,4-7H2,1-3H3,(H,18,21). The fourth-order valence-corrected chi connectivity index (χ4v) is 2.90. The number of amides is 1. The van der Waals surface area contributed by atoms with Crippen molar-refractivity contribution in [2.24, 2.45) is 5.92 Å². The van der Waals surface area contributed by atoms with Crippen molar-refractivity contribution < 1.29 is 9.32 Å². The molecule has 0 saturated carbocycles. The molecule has 0 bridgehead atoms. The first-order chi connectivity index (χ1) is 10.6. The summed E-state index contributed by atoms with van der Waals surface area (Å²) in [6, 6.07) is 0.187. The van der Waals surface area contributed by atoms with Crippen molar-refractivity contribution in [2.45, 2.75) is 39.7 Å². The average molecular weight is 303 g/mol. The molecule has 7 heteroatoms. The number of hydrogen-bond acceptors (Lipinski definition) is 6. The minimum atomic E-state index is 0.0829. The van der Waals surface area contributed by atoms with E-state index < -0.39 is 0 Å². The van der Waals surface area contributed by atoms with Gasteiger partial charge in [0.25, 0.3) is 5.71 Å². The summed E-state index contributed by atoms with van der Waals surface area (Å²) in [6.45, 7) is 7.46. The highest BCUT2D eigenvalue weighted by Crippen LogP contribution is 2.29. The second-order valence-corrected chi connectivity index (χ2v) is 6.07. The number of nitrogens with one attached hydrogen (secondary N) is 1. The predicted octanol–water partition coefficient (Wildman–Crippen LogP) is 1.67. The molecule has 0 aromatic carbocycles. The normalized spacial score (nSPS) is 16.5. The van der Waals surface area contributed by atoms with Crippen LogP contribution in [-0.4, -0.2) is 40.2 Å². The van der Waals surface area contributed by atoms with Crippen molar-refractivity contribution in [1.29, 1.82) is 0 Å². The smallest absolute Gasteiger partial charge is 0.263 e.